The fourth-order valence-corrected chi connectivity index (χ4v) is 1.01. The zero-order valence-corrected chi connectivity index (χ0v) is 6.44. The molecule has 0 aromatic heterocycles. The van der Waals surface area contributed by atoms with Crippen molar-refractivity contribution in [1.29, 1.82) is 0 Å². The molecule has 12 heavy (non-hydrogen) atoms. The number of nitrogens with two attached hydrogens (primary N) is 1. The van der Waals surface area contributed by atoms with E-state index in [4.69, 9.17) is 10.8 Å². The van der Waals surface area contributed by atoms with Crippen molar-refractivity contribution in [3.63, 3.8) is 0 Å². The van der Waals surface area contributed by atoms with Gasteiger partial charge in [0, 0.05) is 0 Å². The number of aliphatic hydroxyl groups excluding tert-OH is 1. The number of aliphatic hydroxyl groups is 1. The topological polar surface area (TPSA) is 86.7 Å². The van der Waals surface area contributed by atoms with Crippen molar-refractivity contribution >= 4 is 0 Å². The van der Waals surface area contributed by atoms with Gasteiger partial charge in [-0.1, -0.05) is 6.07 Å². The van der Waals surface area contributed by atoms with E-state index in [1.54, 1.807) is 0 Å². The molecule has 0 aliphatic rings. The van der Waals surface area contributed by atoms with Crippen LogP contribution in [-0.2, 0) is 0 Å². The number of rotatable bonds is 2. The number of benzene rings is 1. The first-order chi connectivity index (χ1) is 5.66. The summed E-state index contributed by atoms with van der Waals surface area (Å²) in [4.78, 5) is 0. The van der Waals surface area contributed by atoms with Crippen LogP contribution in [0, 0.1) is 0 Å². The van der Waals surface area contributed by atoms with Crippen LogP contribution in [0.1, 0.15) is 11.6 Å². The average molecular weight is 169 g/mol. The lowest BCUT2D eigenvalue weighted by molar-refractivity contribution is 0.262. The third kappa shape index (κ3) is 1.49. The third-order valence-corrected chi connectivity index (χ3v) is 1.63. The highest BCUT2D eigenvalue weighted by Gasteiger charge is 2.13. The van der Waals surface area contributed by atoms with Gasteiger partial charge >= 0.3 is 0 Å². The fraction of sp³-hybridized carbons (Fsp3) is 0.250. The average Bonchev–Trinajstić information content (AvgIpc) is 2.03. The Balaban J connectivity index is 3.12. The predicted molar refractivity (Wildman–Crippen MR) is 43.8 cm³/mol. The predicted octanol–water partition coefficient (Wildman–Crippen LogP) is 0.0899. The van der Waals surface area contributed by atoms with Crippen molar-refractivity contribution in [3.8, 4) is 11.5 Å². The third-order valence-electron chi connectivity index (χ3n) is 1.63. The van der Waals surface area contributed by atoms with Gasteiger partial charge in [0.05, 0.1) is 18.2 Å². The second kappa shape index (κ2) is 3.42. The Kier molecular flexibility index (Phi) is 2.52. The molecule has 0 bridgehead atoms. The summed E-state index contributed by atoms with van der Waals surface area (Å²) in [7, 11) is 0. The molecule has 1 atom stereocenters. The van der Waals surface area contributed by atoms with E-state index < -0.39 is 6.04 Å². The van der Waals surface area contributed by atoms with E-state index in [1.807, 2.05) is 0 Å². The lowest BCUT2D eigenvalue weighted by atomic mass is 10.1. The molecule has 0 saturated carbocycles. The first-order valence-corrected chi connectivity index (χ1v) is 3.54. The normalized spacial score (nSPS) is 12.8. The number of hydrogen-bond acceptors (Lipinski definition) is 4. The summed E-state index contributed by atoms with van der Waals surface area (Å²) in [6.45, 7) is -0.314. The number of phenolic OH excluding ortho intramolecular Hbond substituents is 2. The Hall–Kier alpha value is -1.26. The van der Waals surface area contributed by atoms with Crippen LogP contribution in [0.25, 0.3) is 0 Å². The zero-order valence-electron chi connectivity index (χ0n) is 6.44. The molecular formula is C8H11NO3. The van der Waals surface area contributed by atoms with Crippen molar-refractivity contribution in [1.82, 2.24) is 0 Å². The van der Waals surface area contributed by atoms with Crippen molar-refractivity contribution in [2.75, 3.05) is 6.61 Å². The van der Waals surface area contributed by atoms with Gasteiger partial charge in [-0.15, -0.1) is 0 Å². The molecule has 0 spiro atoms. The largest absolute Gasteiger partial charge is 0.507 e. The summed E-state index contributed by atoms with van der Waals surface area (Å²) >= 11 is 0. The highest BCUT2D eigenvalue weighted by Crippen LogP contribution is 2.30. The molecule has 0 saturated heterocycles. The number of hydrogen-bond donors (Lipinski definition) is 4. The van der Waals surface area contributed by atoms with Crippen LogP contribution in [0.4, 0.5) is 0 Å². The molecule has 66 valence electrons. The second-order valence-electron chi connectivity index (χ2n) is 2.50. The van der Waals surface area contributed by atoms with Crippen LogP contribution in [0.15, 0.2) is 18.2 Å². The monoisotopic (exact) mass is 169 g/mol. The summed E-state index contributed by atoms with van der Waals surface area (Å²) in [5, 5.41) is 27.2. The minimum absolute atomic E-state index is 0.100. The van der Waals surface area contributed by atoms with E-state index in [9.17, 15) is 10.2 Å². The Morgan fingerprint density at radius 3 is 2.17 bits per heavy atom. The molecule has 0 amide bonds. The van der Waals surface area contributed by atoms with Gasteiger partial charge in [-0.2, -0.15) is 0 Å². The van der Waals surface area contributed by atoms with Gasteiger partial charge in [-0.3, -0.25) is 0 Å². The van der Waals surface area contributed by atoms with Gasteiger partial charge < -0.3 is 21.1 Å². The Bertz CT molecular complexity index is 255. The first kappa shape index (κ1) is 8.83. The van der Waals surface area contributed by atoms with Gasteiger partial charge in [0.1, 0.15) is 11.5 Å². The summed E-state index contributed by atoms with van der Waals surface area (Å²) in [6.07, 6.45) is 0. The summed E-state index contributed by atoms with van der Waals surface area (Å²) < 4.78 is 0. The standard InChI is InChI=1S/C8H11NO3/c9-5(4-10)8-6(11)2-1-3-7(8)12/h1-3,5,10-12H,4,9H2/t5-/m0/s1. The van der Waals surface area contributed by atoms with Gasteiger partial charge in [0.15, 0.2) is 0 Å². The van der Waals surface area contributed by atoms with E-state index in [-0.39, 0.29) is 23.7 Å². The molecule has 4 nitrogen and oxygen atoms in total. The summed E-state index contributed by atoms with van der Waals surface area (Å²) in [6, 6.07) is 3.57. The quantitative estimate of drug-likeness (QED) is 0.505. The number of aromatic hydroxyl groups is 2. The molecule has 0 aliphatic carbocycles. The second-order valence-corrected chi connectivity index (χ2v) is 2.50. The maximum atomic E-state index is 9.24. The molecule has 0 fully saturated rings. The fourth-order valence-electron chi connectivity index (χ4n) is 1.01. The van der Waals surface area contributed by atoms with Crippen LogP contribution < -0.4 is 5.73 Å². The van der Waals surface area contributed by atoms with Gasteiger partial charge in [0.2, 0.25) is 0 Å². The highest BCUT2D eigenvalue weighted by molar-refractivity contribution is 5.44. The van der Waals surface area contributed by atoms with Gasteiger partial charge in [-0.05, 0) is 12.1 Å². The van der Waals surface area contributed by atoms with Gasteiger partial charge in [-0.25, -0.2) is 0 Å². The Morgan fingerprint density at radius 1 is 1.25 bits per heavy atom. The SMILES string of the molecule is N[C@@H](CO)c1c(O)cccc1O. The van der Waals surface area contributed by atoms with E-state index in [1.165, 1.54) is 18.2 Å². The zero-order chi connectivity index (χ0) is 9.14. The van der Waals surface area contributed by atoms with Crippen LogP contribution in [0.3, 0.4) is 0 Å². The van der Waals surface area contributed by atoms with Crippen LogP contribution in [0.2, 0.25) is 0 Å². The molecule has 4 heteroatoms. The first-order valence-electron chi connectivity index (χ1n) is 3.54. The Morgan fingerprint density at radius 2 is 1.75 bits per heavy atom. The number of phenols is 2. The van der Waals surface area contributed by atoms with E-state index in [2.05, 4.69) is 0 Å². The van der Waals surface area contributed by atoms with Crippen molar-refractivity contribution in [3.05, 3.63) is 23.8 Å². The van der Waals surface area contributed by atoms with E-state index >= 15 is 0 Å². The minimum atomic E-state index is -0.744. The Labute approximate surface area is 69.9 Å². The molecule has 0 radical (unpaired) electrons. The highest BCUT2D eigenvalue weighted by atomic mass is 16.3. The van der Waals surface area contributed by atoms with Crippen molar-refractivity contribution in [2.24, 2.45) is 5.73 Å². The lowest BCUT2D eigenvalue weighted by Crippen LogP contribution is -2.14. The molecular weight excluding hydrogens is 158 g/mol. The summed E-state index contributed by atoms with van der Waals surface area (Å²) in [5.41, 5.74) is 5.61. The molecule has 5 N–H and O–H groups in total. The van der Waals surface area contributed by atoms with E-state index in [0.29, 0.717) is 0 Å². The molecule has 0 unspecified atom stereocenters. The van der Waals surface area contributed by atoms with Crippen LogP contribution in [-0.4, -0.2) is 21.9 Å². The molecule has 1 aromatic carbocycles. The lowest BCUT2D eigenvalue weighted by Gasteiger charge is -2.11. The maximum absolute atomic E-state index is 9.24. The summed E-state index contributed by atoms with van der Waals surface area (Å²) in [5.74, 6) is -0.201. The van der Waals surface area contributed by atoms with Crippen molar-refractivity contribution < 1.29 is 15.3 Å². The van der Waals surface area contributed by atoms with Gasteiger partial charge in [0.25, 0.3) is 0 Å². The minimum Gasteiger partial charge on any atom is -0.507 e. The van der Waals surface area contributed by atoms with E-state index in [0.717, 1.165) is 0 Å². The smallest absolute Gasteiger partial charge is 0.124 e. The molecule has 1 rings (SSSR count). The van der Waals surface area contributed by atoms with Crippen molar-refractivity contribution in [2.45, 2.75) is 6.04 Å². The maximum Gasteiger partial charge on any atom is 0.124 e. The molecule has 0 heterocycles. The van der Waals surface area contributed by atoms with Crippen LogP contribution >= 0.6 is 0 Å². The molecule has 1 aromatic rings. The van der Waals surface area contributed by atoms with Crippen LogP contribution in [0.5, 0.6) is 11.5 Å². The molecule has 0 aliphatic heterocycles.